The zero-order chi connectivity index (χ0) is 16.0. The van der Waals surface area contributed by atoms with Gasteiger partial charge in [-0.2, -0.15) is 0 Å². The van der Waals surface area contributed by atoms with Crippen molar-refractivity contribution in [3.05, 3.63) is 11.9 Å². The molecule has 0 aliphatic carbocycles. The number of anilines is 2. The van der Waals surface area contributed by atoms with Gasteiger partial charge < -0.3 is 16.1 Å². The minimum absolute atomic E-state index is 0.0779. The summed E-state index contributed by atoms with van der Waals surface area (Å²) in [6.45, 7) is 9.70. The fraction of sp³-hybridized carbons (Fsp3) is 0.643. The maximum Gasteiger partial charge on any atom is 0.242 e. The fourth-order valence-corrected chi connectivity index (χ4v) is 1.90. The molecule has 0 saturated heterocycles. The number of carbonyl (C=O) groups is 1. The van der Waals surface area contributed by atoms with E-state index in [-0.39, 0.29) is 11.4 Å². The monoisotopic (exact) mass is 294 g/mol. The van der Waals surface area contributed by atoms with Crippen molar-refractivity contribution >= 4 is 17.5 Å². The van der Waals surface area contributed by atoms with E-state index in [1.807, 2.05) is 20.8 Å². The van der Waals surface area contributed by atoms with Crippen LogP contribution in [0.5, 0.6) is 0 Å². The molecule has 1 amide bonds. The molecule has 0 aliphatic heterocycles. The third kappa shape index (κ3) is 5.18. The highest BCUT2D eigenvalue weighted by Gasteiger charge is 2.21. The topological polar surface area (TPSA) is 105 Å². The van der Waals surface area contributed by atoms with Gasteiger partial charge in [-0.05, 0) is 34.1 Å². The molecule has 1 aromatic rings. The lowest BCUT2D eigenvalue weighted by atomic mass is 10.1. The second-order valence-electron chi connectivity index (χ2n) is 6.05. The fourth-order valence-electron chi connectivity index (χ4n) is 1.90. The van der Waals surface area contributed by atoms with Gasteiger partial charge in [0.15, 0.2) is 0 Å². The van der Waals surface area contributed by atoms with Gasteiger partial charge in [-0.1, -0.05) is 13.3 Å². The van der Waals surface area contributed by atoms with Crippen LogP contribution in [0.4, 0.5) is 11.6 Å². The van der Waals surface area contributed by atoms with Crippen molar-refractivity contribution in [3.8, 4) is 0 Å². The molecule has 0 radical (unpaired) electrons. The van der Waals surface area contributed by atoms with Gasteiger partial charge in [-0.25, -0.2) is 15.8 Å². The second-order valence-corrected chi connectivity index (χ2v) is 6.05. The maximum absolute atomic E-state index is 12.1. The summed E-state index contributed by atoms with van der Waals surface area (Å²) in [4.78, 5) is 20.5. The molecule has 1 heterocycles. The van der Waals surface area contributed by atoms with Crippen LogP contribution in [0.2, 0.25) is 0 Å². The van der Waals surface area contributed by atoms with Crippen molar-refractivity contribution in [3.63, 3.8) is 0 Å². The zero-order valence-electron chi connectivity index (χ0n) is 13.4. The smallest absolute Gasteiger partial charge is 0.242 e. The van der Waals surface area contributed by atoms with Gasteiger partial charge >= 0.3 is 0 Å². The Balaban J connectivity index is 2.89. The SMILES string of the molecule is CCCc1c(NN)ncnc1NC(C)C(=O)NC(C)(C)C. The molecule has 0 spiro atoms. The predicted octanol–water partition coefficient (Wildman–Crippen LogP) is 1.43. The Hall–Kier alpha value is -1.89. The molecule has 7 heteroatoms. The number of nitrogens with zero attached hydrogens (tertiary/aromatic N) is 2. The summed E-state index contributed by atoms with van der Waals surface area (Å²) in [5.41, 5.74) is 3.19. The number of rotatable bonds is 6. The van der Waals surface area contributed by atoms with Gasteiger partial charge in [-0.15, -0.1) is 0 Å². The van der Waals surface area contributed by atoms with Crippen LogP contribution in [0.25, 0.3) is 0 Å². The first kappa shape index (κ1) is 17.2. The molecule has 1 rings (SSSR count). The summed E-state index contributed by atoms with van der Waals surface area (Å²) in [7, 11) is 0. The first-order valence-electron chi connectivity index (χ1n) is 7.17. The Bertz CT molecular complexity index is 483. The molecule has 5 N–H and O–H groups in total. The third-order valence-corrected chi connectivity index (χ3v) is 2.83. The largest absolute Gasteiger partial charge is 0.358 e. The molecular weight excluding hydrogens is 268 g/mol. The van der Waals surface area contributed by atoms with E-state index in [0.29, 0.717) is 11.6 Å². The van der Waals surface area contributed by atoms with Crippen LogP contribution in [0.3, 0.4) is 0 Å². The maximum atomic E-state index is 12.1. The van der Waals surface area contributed by atoms with E-state index in [1.54, 1.807) is 6.92 Å². The van der Waals surface area contributed by atoms with Crippen molar-refractivity contribution in [2.75, 3.05) is 10.7 Å². The molecule has 1 atom stereocenters. The first-order chi connectivity index (χ1) is 9.78. The number of aromatic nitrogens is 2. The molecule has 118 valence electrons. The van der Waals surface area contributed by atoms with Gasteiger partial charge in [0.1, 0.15) is 24.0 Å². The van der Waals surface area contributed by atoms with Crippen molar-refractivity contribution in [1.29, 1.82) is 0 Å². The first-order valence-corrected chi connectivity index (χ1v) is 7.17. The van der Waals surface area contributed by atoms with Gasteiger partial charge in [0.05, 0.1) is 0 Å². The Morgan fingerprint density at radius 1 is 1.33 bits per heavy atom. The van der Waals surface area contributed by atoms with E-state index in [9.17, 15) is 4.79 Å². The second kappa shape index (κ2) is 7.21. The van der Waals surface area contributed by atoms with Crippen LogP contribution < -0.4 is 21.9 Å². The van der Waals surface area contributed by atoms with Crippen LogP contribution in [-0.2, 0) is 11.2 Å². The van der Waals surface area contributed by atoms with E-state index in [1.165, 1.54) is 6.33 Å². The van der Waals surface area contributed by atoms with E-state index >= 15 is 0 Å². The normalized spacial score (nSPS) is 12.7. The van der Waals surface area contributed by atoms with Crippen molar-refractivity contribution in [1.82, 2.24) is 15.3 Å². The number of nitrogens with two attached hydrogens (primary N) is 1. The minimum atomic E-state index is -0.402. The number of hydrogen-bond donors (Lipinski definition) is 4. The molecule has 21 heavy (non-hydrogen) atoms. The molecule has 7 nitrogen and oxygen atoms in total. The molecule has 1 aromatic heterocycles. The predicted molar refractivity (Wildman–Crippen MR) is 84.8 cm³/mol. The van der Waals surface area contributed by atoms with Crippen molar-refractivity contribution in [2.24, 2.45) is 5.84 Å². The Labute approximate surface area is 126 Å². The highest BCUT2D eigenvalue weighted by atomic mass is 16.2. The molecular formula is C14H26N6O. The third-order valence-electron chi connectivity index (χ3n) is 2.83. The van der Waals surface area contributed by atoms with Crippen LogP contribution in [-0.4, -0.2) is 27.5 Å². The quantitative estimate of drug-likeness (QED) is 0.467. The summed E-state index contributed by atoms with van der Waals surface area (Å²) >= 11 is 0. The summed E-state index contributed by atoms with van der Waals surface area (Å²) in [6.07, 6.45) is 3.13. The number of nitrogens with one attached hydrogen (secondary N) is 3. The van der Waals surface area contributed by atoms with Crippen molar-refractivity contribution < 1.29 is 4.79 Å². The van der Waals surface area contributed by atoms with Gasteiger partial charge in [0, 0.05) is 11.1 Å². The summed E-state index contributed by atoms with van der Waals surface area (Å²) in [6, 6.07) is -0.402. The van der Waals surface area contributed by atoms with E-state index in [2.05, 4.69) is 33.0 Å². The Morgan fingerprint density at radius 2 is 1.95 bits per heavy atom. The number of nitrogen functional groups attached to an aromatic ring is 1. The molecule has 0 aliphatic rings. The molecule has 0 bridgehead atoms. The van der Waals surface area contributed by atoms with Crippen LogP contribution in [0.15, 0.2) is 6.33 Å². The van der Waals surface area contributed by atoms with E-state index in [4.69, 9.17) is 5.84 Å². The number of amides is 1. The number of hydrogen-bond acceptors (Lipinski definition) is 6. The summed E-state index contributed by atoms with van der Waals surface area (Å²) in [5.74, 6) is 6.62. The van der Waals surface area contributed by atoms with E-state index < -0.39 is 6.04 Å². The molecule has 0 aromatic carbocycles. The Kier molecular flexibility index (Phi) is 5.90. The number of hydrazine groups is 1. The van der Waals surface area contributed by atoms with Crippen LogP contribution in [0.1, 0.15) is 46.6 Å². The standard InChI is InChI=1S/C14H26N6O/c1-6-7-10-11(16-8-17-12(10)20-15)18-9(2)13(21)19-14(3,4)5/h8-9H,6-7,15H2,1-5H3,(H,19,21)(H2,16,17,18,20). The molecule has 1 unspecified atom stereocenters. The number of carbonyl (C=O) groups excluding carboxylic acids is 1. The van der Waals surface area contributed by atoms with Crippen LogP contribution in [0, 0.1) is 0 Å². The molecule has 0 saturated carbocycles. The lowest BCUT2D eigenvalue weighted by Gasteiger charge is -2.24. The lowest BCUT2D eigenvalue weighted by molar-refractivity contribution is -0.122. The van der Waals surface area contributed by atoms with Gasteiger partial charge in [0.2, 0.25) is 5.91 Å². The zero-order valence-corrected chi connectivity index (χ0v) is 13.4. The van der Waals surface area contributed by atoms with Crippen molar-refractivity contribution in [2.45, 2.75) is 59.0 Å². The summed E-state index contributed by atoms with van der Waals surface area (Å²) < 4.78 is 0. The van der Waals surface area contributed by atoms with Gasteiger partial charge in [-0.3, -0.25) is 4.79 Å². The van der Waals surface area contributed by atoms with Crippen LogP contribution >= 0.6 is 0 Å². The highest BCUT2D eigenvalue weighted by molar-refractivity contribution is 5.84. The highest BCUT2D eigenvalue weighted by Crippen LogP contribution is 2.21. The average Bonchev–Trinajstić information content (AvgIpc) is 2.38. The minimum Gasteiger partial charge on any atom is -0.358 e. The lowest BCUT2D eigenvalue weighted by Crippen LogP contribution is -2.47. The van der Waals surface area contributed by atoms with E-state index in [0.717, 1.165) is 18.4 Å². The summed E-state index contributed by atoms with van der Waals surface area (Å²) in [5, 5.41) is 6.07. The van der Waals surface area contributed by atoms with Gasteiger partial charge in [0.25, 0.3) is 0 Å². The molecule has 0 fully saturated rings. The Morgan fingerprint density at radius 3 is 2.48 bits per heavy atom. The average molecular weight is 294 g/mol.